The summed E-state index contributed by atoms with van der Waals surface area (Å²) in [4.78, 5) is 31.0. The molecular formula is C32H36N6O3. The molecule has 2 atom stereocenters. The molecule has 1 aromatic heterocycles. The van der Waals surface area contributed by atoms with Crippen LogP contribution in [0.2, 0.25) is 0 Å². The van der Waals surface area contributed by atoms with E-state index in [2.05, 4.69) is 20.7 Å². The lowest BCUT2D eigenvalue weighted by Crippen LogP contribution is -2.47. The Morgan fingerprint density at radius 1 is 1.00 bits per heavy atom. The lowest BCUT2D eigenvalue weighted by Gasteiger charge is -2.33. The summed E-state index contributed by atoms with van der Waals surface area (Å²) in [6.45, 7) is 8.86. The molecule has 0 bridgehead atoms. The van der Waals surface area contributed by atoms with Gasteiger partial charge in [-0.15, -0.1) is 10.2 Å². The van der Waals surface area contributed by atoms with Crippen LogP contribution in [0.25, 0.3) is 11.4 Å². The maximum absolute atomic E-state index is 14.2. The highest BCUT2D eigenvalue weighted by molar-refractivity contribution is 6.01. The molecule has 1 fully saturated rings. The number of aryl methyl sites for hydroxylation is 3. The van der Waals surface area contributed by atoms with Crippen molar-refractivity contribution in [3.05, 3.63) is 94.5 Å². The van der Waals surface area contributed by atoms with Crippen molar-refractivity contribution < 1.29 is 14.3 Å². The Labute approximate surface area is 240 Å². The van der Waals surface area contributed by atoms with Gasteiger partial charge in [-0.25, -0.2) is 0 Å². The summed E-state index contributed by atoms with van der Waals surface area (Å²) in [5.41, 5.74) is 6.30. The molecule has 212 valence electrons. The van der Waals surface area contributed by atoms with Crippen LogP contribution in [0.5, 0.6) is 0 Å². The van der Waals surface area contributed by atoms with Crippen molar-refractivity contribution in [2.75, 3.05) is 18.1 Å². The predicted molar refractivity (Wildman–Crippen MR) is 157 cm³/mol. The second-order valence-electron chi connectivity index (χ2n) is 10.7. The van der Waals surface area contributed by atoms with E-state index in [0.717, 1.165) is 40.7 Å². The number of benzene rings is 3. The molecule has 3 aromatic carbocycles. The first-order chi connectivity index (χ1) is 19.8. The van der Waals surface area contributed by atoms with Gasteiger partial charge in [-0.05, 0) is 68.5 Å². The smallest absolute Gasteiger partial charge is 0.251 e. The van der Waals surface area contributed by atoms with Crippen molar-refractivity contribution in [2.45, 2.75) is 59.2 Å². The minimum Gasteiger partial charge on any atom is -0.376 e. The summed E-state index contributed by atoms with van der Waals surface area (Å²) in [5, 5.41) is 15.9. The Bertz CT molecular complexity index is 1510. The summed E-state index contributed by atoms with van der Waals surface area (Å²) in [6.07, 6.45) is 1.85. The minimum absolute atomic E-state index is 0.0259. The van der Waals surface area contributed by atoms with Crippen molar-refractivity contribution >= 4 is 17.5 Å². The van der Waals surface area contributed by atoms with Gasteiger partial charge in [0.05, 0.1) is 6.10 Å². The van der Waals surface area contributed by atoms with Gasteiger partial charge in [0.25, 0.3) is 5.91 Å². The van der Waals surface area contributed by atoms with E-state index in [0.29, 0.717) is 30.2 Å². The number of nitrogens with zero attached hydrogens (tertiary/aromatic N) is 5. The van der Waals surface area contributed by atoms with Gasteiger partial charge < -0.3 is 10.1 Å². The number of hydrogen-bond donors (Lipinski definition) is 1. The standard InChI is InChI=1S/C32H36N6O3/c1-21-10-14-25(15-11-21)30(32(40)33-19-27-8-6-18-41-27)38(28-9-5-7-23(3)24(28)4)29(39)20-37-35-31(34-36-37)26-16-12-22(2)13-17-26/h5,7,9-17,27,30H,6,8,18-20H2,1-4H3,(H,33,40)/t27-,30+/m1/s1. The number of tetrazole rings is 1. The molecule has 2 amide bonds. The molecule has 0 aliphatic carbocycles. The normalized spacial score (nSPS) is 15.5. The molecule has 41 heavy (non-hydrogen) atoms. The highest BCUT2D eigenvalue weighted by atomic mass is 16.5. The maximum atomic E-state index is 14.2. The highest BCUT2D eigenvalue weighted by Crippen LogP contribution is 2.32. The van der Waals surface area contributed by atoms with Gasteiger partial charge in [0.15, 0.2) is 0 Å². The third-order valence-electron chi connectivity index (χ3n) is 7.57. The van der Waals surface area contributed by atoms with Crippen LogP contribution >= 0.6 is 0 Å². The van der Waals surface area contributed by atoms with Crippen LogP contribution in [-0.2, 0) is 20.9 Å². The average molecular weight is 553 g/mol. The number of carbonyl (C=O) groups is 2. The molecule has 4 aromatic rings. The number of ether oxygens (including phenoxy) is 1. The molecule has 1 N–H and O–H groups in total. The molecule has 1 aliphatic rings. The fourth-order valence-corrected chi connectivity index (χ4v) is 5.02. The fraction of sp³-hybridized carbons (Fsp3) is 0.344. The number of hydrogen-bond acceptors (Lipinski definition) is 6. The van der Waals surface area contributed by atoms with Crippen LogP contribution in [0.15, 0.2) is 66.7 Å². The lowest BCUT2D eigenvalue weighted by molar-refractivity contribution is -0.127. The van der Waals surface area contributed by atoms with E-state index in [1.807, 2.05) is 94.4 Å². The largest absolute Gasteiger partial charge is 0.376 e. The van der Waals surface area contributed by atoms with E-state index >= 15 is 0 Å². The fourth-order valence-electron chi connectivity index (χ4n) is 5.02. The summed E-state index contributed by atoms with van der Waals surface area (Å²) >= 11 is 0. The monoisotopic (exact) mass is 552 g/mol. The third-order valence-corrected chi connectivity index (χ3v) is 7.57. The van der Waals surface area contributed by atoms with Gasteiger partial charge in [0, 0.05) is 24.4 Å². The quantitative estimate of drug-likeness (QED) is 0.325. The number of aromatic nitrogens is 4. The first kappa shape index (κ1) is 28.2. The van der Waals surface area contributed by atoms with Crippen LogP contribution < -0.4 is 10.2 Å². The lowest BCUT2D eigenvalue weighted by atomic mass is 9.99. The molecule has 1 aliphatic heterocycles. The van der Waals surface area contributed by atoms with E-state index in [1.165, 1.54) is 4.80 Å². The molecule has 0 saturated carbocycles. The zero-order chi connectivity index (χ0) is 28.9. The molecule has 2 heterocycles. The number of nitrogens with one attached hydrogen (secondary N) is 1. The minimum atomic E-state index is -0.912. The Morgan fingerprint density at radius 3 is 2.39 bits per heavy atom. The van der Waals surface area contributed by atoms with Gasteiger partial charge >= 0.3 is 0 Å². The van der Waals surface area contributed by atoms with Crippen LogP contribution in [0, 0.1) is 27.7 Å². The second-order valence-corrected chi connectivity index (χ2v) is 10.7. The molecule has 9 nitrogen and oxygen atoms in total. The topological polar surface area (TPSA) is 102 Å². The third kappa shape index (κ3) is 6.52. The zero-order valence-corrected chi connectivity index (χ0v) is 24.0. The van der Waals surface area contributed by atoms with Gasteiger partial charge in [-0.3, -0.25) is 14.5 Å². The molecule has 0 unspecified atom stereocenters. The van der Waals surface area contributed by atoms with E-state index in [-0.39, 0.29) is 24.5 Å². The summed E-state index contributed by atoms with van der Waals surface area (Å²) in [6, 6.07) is 20.4. The number of rotatable bonds is 9. The van der Waals surface area contributed by atoms with Gasteiger partial charge in [0.1, 0.15) is 12.6 Å². The van der Waals surface area contributed by atoms with Crippen molar-refractivity contribution in [3.8, 4) is 11.4 Å². The number of amides is 2. The van der Waals surface area contributed by atoms with Crippen LogP contribution in [0.3, 0.4) is 0 Å². The van der Waals surface area contributed by atoms with Crippen LogP contribution in [0.4, 0.5) is 5.69 Å². The van der Waals surface area contributed by atoms with E-state index in [9.17, 15) is 9.59 Å². The van der Waals surface area contributed by atoms with Gasteiger partial charge in [0.2, 0.25) is 11.7 Å². The number of carbonyl (C=O) groups excluding carboxylic acids is 2. The predicted octanol–water partition coefficient (Wildman–Crippen LogP) is 4.64. The molecular weight excluding hydrogens is 516 g/mol. The van der Waals surface area contributed by atoms with Crippen molar-refractivity contribution in [3.63, 3.8) is 0 Å². The average Bonchev–Trinajstić information content (AvgIpc) is 3.66. The van der Waals surface area contributed by atoms with E-state index in [4.69, 9.17) is 4.74 Å². The molecule has 9 heteroatoms. The highest BCUT2D eigenvalue weighted by Gasteiger charge is 2.34. The van der Waals surface area contributed by atoms with Crippen molar-refractivity contribution in [1.82, 2.24) is 25.5 Å². The maximum Gasteiger partial charge on any atom is 0.251 e. The van der Waals surface area contributed by atoms with Crippen LogP contribution in [0.1, 0.15) is 46.7 Å². The Morgan fingerprint density at radius 2 is 1.71 bits per heavy atom. The molecule has 1 saturated heterocycles. The van der Waals surface area contributed by atoms with Gasteiger partial charge in [-0.1, -0.05) is 71.8 Å². The zero-order valence-electron chi connectivity index (χ0n) is 24.0. The summed E-state index contributed by atoms with van der Waals surface area (Å²) < 4.78 is 5.73. The molecule has 5 rings (SSSR count). The van der Waals surface area contributed by atoms with E-state index in [1.54, 1.807) is 4.90 Å². The first-order valence-corrected chi connectivity index (χ1v) is 14.0. The summed E-state index contributed by atoms with van der Waals surface area (Å²) in [7, 11) is 0. The number of anilines is 1. The SMILES string of the molecule is Cc1ccc(-c2nnn(CC(=O)N(c3cccc(C)c3C)[C@H](C(=O)NC[C@H]3CCCO3)c3ccc(C)cc3)n2)cc1. The van der Waals surface area contributed by atoms with Crippen molar-refractivity contribution in [2.24, 2.45) is 0 Å². The Balaban J connectivity index is 1.51. The first-order valence-electron chi connectivity index (χ1n) is 14.0. The summed E-state index contributed by atoms with van der Waals surface area (Å²) in [5.74, 6) is -0.171. The van der Waals surface area contributed by atoms with E-state index < -0.39 is 6.04 Å². The Hall–Kier alpha value is -4.37. The molecule has 0 radical (unpaired) electrons. The van der Waals surface area contributed by atoms with Gasteiger partial charge in [-0.2, -0.15) is 4.80 Å². The Kier molecular flexibility index (Phi) is 8.54. The van der Waals surface area contributed by atoms with Crippen molar-refractivity contribution in [1.29, 1.82) is 0 Å². The van der Waals surface area contributed by atoms with Crippen LogP contribution in [-0.4, -0.2) is 51.3 Å². The molecule has 0 spiro atoms. The second kappa shape index (κ2) is 12.4.